The van der Waals surface area contributed by atoms with Gasteiger partial charge >= 0.3 is 0 Å². The largest absolute Gasteiger partial charge is 0.294 e. The fourth-order valence-corrected chi connectivity index (χ4v) is 1.84. The van der Waals surface area contributed by atoms with Crippen LogP contribution in [0.1, 0.15) is 28.8 Å². The standard InChI is InChI=1S/C10H8ClF2IO/c11-4-3-9(15)8-5-6(14)1-2-7(8)10(12)13/h1-2,5,10H,3-4H2. The number of ketones is 1. The highest BCUT2D eigenvalue weighted by atomic mass is 127. The molecule has 0 radical (unpaired) electrons. The van der Waals surface area contributed by atoms with Crippen LogP contribution in [0.15, 0.2) is 18.2 Å². The predicted octanol–water partition coefficient (Wildman–Crippen LogP) is 4.04. The fraction of sp³-hybridized carbons (Fsp3) is 0.300. The second kappa shape index (κ2) is 5.75. The summed E-state index contributed by atoms with van der Waals surface area (Å²) in [5.41, 5.74) is -0.136. The molecule has 0 saturated heterocycles. The number of Topliss-reactive ketones (excluding diaryl/α,β-unsaturated/α-hetero) is 1. The summed E-state index contributed by atoms with van der Waals surface area (Å²) in [6.07, 6.45) is -2.54. The van der Waals surface area contributed by atoms with E-state index in [2.05, 4.69) is 0 Å². The van der Waals surface area contributed by atoms with E-state index in [0.29, 0.717) is 0 Å². The van der Waals surface area contributed by atoms with Gasteiger partial charge in [0, 0.05) is 27.0 Å². The van der Waals surface area contributed by atoms with Crippen molar-refractivity contribution >= 4 is 40.0 Å². The van der Waals surface area contributed by atoms with Crippen molar-refractivity contribution in [3.63, 3.8) is 0 Å². The maximum absolute atomic E-state index is 12.6. The van der Waals surface area contributed by atoms with Crippen molar-refractivity contribution in [1.82, 2.24) is 0 Å². The van der Waals surface area contributed by atoms with E-state index in [4.69, 9.17) is 11.6 Å². The topological polar surface area (TPSA) is 17.1 Å². The van der Waals surface area contributed by atoms with Gasteiger partial charge in [0.1, 0.15) is 0 Å². The predicted molar refractivity (Wildman–Crippen MR) is 63.8 cm³/mol. The van der Waals surface area contributed by atoms with Gasteiger partial charge in [-0.3, -0.25) is 4.79 Å². The molecule has 0 aliphatic carbocycles. The summed E-state index contributed by atoms with van der Waals surface area (Å²) in [6.45, 7) is 0. The van der Waals surface area contributed by atoms with Gasteiger partial charge in [0.15, 0.2) is 5.78 Å². The van der Waals surface area contributed by atoms with Crippen molar-refractivity contribution in [2.45, 2.75) is 12.8 Å². The van der Waals surface area contributed by atoms with Crippen molar-refractivity contribution in [2.24, 2.45) is 0 Å². The Kier molecular flexibility index (Phi) is 4.92. The van der Waals surface area contributed by atoms with Gasteiger partial charge in [-0.2, -0.15) is 0 Å². The molecule has 0 bridgehead atoms. The Balaban J connectivity index is 3.12. The van der Waals surface area contributed by atoms with Crippen LogP contribution < -0.4 is 0 Å². The maximum Gasteiger partial charge on any atom is 0.264 e. The van der Waals surface area contributed by atoms with Gasteiger partial charge in [-0.1, -0.05) is 6.07 Å². The highest BCUT2D eigenvalue weighted by Gasteiger charge is 2.17. The van der Waals surface area contributed by atoms with Crippen LogP contribution in [-0.2, 0) is 0 Å². The maximum atomic E-state index is 12.6. The van der Waals surface area contributed by atoms with Crippen LogP contribution >= 0.6 is 34.2 Å². The molecule has 5 heteroatoms. The fourth-order valence-electron chi connectivity index (χ4n) is 1.18. The summed E-state index contributed by atoms with van der Waals surface area (Å²) in [5.74, 6) is -0.189. The van der Waals surface area contributed by atoms with E-state index >= 15 is 0 Å². The Bertz CT molecular complexity index is 368. The van der Waals surface area contributed by atoms with E-state index in [1.807, 2.05) is 22.6 Å². The normalized spacial score (nSPS) is 10.7. The SMILES string of the molecule is O=C(CCCl)c1cc(I)ccc1C(F)F. The average molecular weight is 345 g/mol. The van der Waals surface area contributed by atoms with E-state index in [0.717, 1.165) is 3.57 Å². The van der Waals surface area contributed by atoms with Crippen LogP contribution in [0.3, 0.4) is 0 Å². The molecule has 0 amide bonds. The number of benzene rings is 1. The lowest BCUT2D eigenvalue weighted by molar-refractivity contribution is 0.0975. The molecule has 0 aliphatic rings. The Morgan fingerprint density at radius 3 is 2.67 bits per heavy atom. The molecule has 0 saturated carbocycles. The Morgan fingerprint density at radius 1 is 1.47 bits per heavy atom. The van der Waals surface area contributed by atoms with Crippen molar-refractivity contribution in [3.8, 4) is 0 Å². The molecular weight excluding hydrogens is 336 g/mol. The van der Waals surface area contributed by atoms with Gasteiger partial charge in [-0.05, 0) is 34.7 Å². The zero-order valence-electron chi connectivity index (χ0n) is 7.64. The summed E-state index contributed by atoms with van der Waals surface area (Å²) >= 11 is 7.38. The second-order valence-electron chi connectivity index (χ2n) is 2.89. The van der Waals surface area contributed by atoms with Crippen molar-refractivity contribution in [3.05, 3.63) is 32.9 Å². The van der Waals surface area contributed by atoms with Crippen LogP contribution in [0.2, 0.25) is 0 Å². The van der Waals surface area contributed by atoms with Gasteiger partial charge in [0.25, 0.3) is 6.43 Å². The third-order valence-electron chi connectivity index (χ3n) is 1.87. The number of hydrogen-bond acceptors (Lipinski definition) is 1. The second-order valence-corrected chi connectivity index (χ2v) is 4.52. The molecule has 1 aromatic carbocycles. The van der Waals surface area contributed by atoms with Gasteiger partial charge in [-0.15, -0.1) is 11.6 Å². The van der Waals surface area contributed by atoms with Gasteiger partial charge in [-0.25, -0.2) is 8.78 Å². The Hall–Kier alpha value is -0.230. The Labute approximate surface area is 105 Å². The minimum atomic E-state index is -2.63. The zero-order valence-corrected chi connectivity index (χ0v) is 10.6. The van der Waals surface area contributed by atoms with Gasteiger partial charge in [0.2, 0.25) is 0 Å². The van der Waals surface area contributed by atoms with E-state index in [9.17, 15) is 13.6 Å². The quantitative estimate of drug-likeness (QED) is 0.458. The summed E-state index contributed by atoms with van der Waals surface area (Å²) < 4.78 is 25.9. The molecule has 0 aromatic heterocycles. The van der Waals surface area contributed by atoms with E-state index in [-0.39, 0.29) is 29.2 Å². The number of carbonyl (C=O) groups excluding carboxylic acids is 1. The molecule has 0 heterocycles. The lowest BCUT2D eigenvalue weighted by Gasteiger charge is -2.07. The van der Waals surface area contributed by atoms with Crippen molar-refractivity contribution in [2.75, 3.05) is 5.88 Å². The summed E-state index contributed by atoms with van der Waals surface area (Å²) in [5, 5.41) is 0. The zero-order chi connectivity index (χ0) is 11.4. The number of rotatable bonds is 4. The molecule has 1 nitrogen and oxygen atoms in total. The van der Waals surface area contributed by atoms with Gasteiger partial charge < -0.3 is 0 Å². The van der Waals surface area contributed by atoms with Crippen LogP contribution in [-0.4, -0.2) is 11.7 Å². The molecule has 1 aromatic rings. The first-order valence-electron chi connectivity index (χ1n) is 4.23. The lowest BCUT2D eigenvalue weighted by atomic mass is 10.0. The number of alkyl halides is 3. The molecule has 82 valence electrons. The highest BCUT2D eigenvalue weighted by molar-refractivity contribution is 14.1. The van der Waals surface area contributed by atoms with Crippen molar-refractivity contribution < 1.29 is 13.6 Å². The highest BCUT2D eigenvalue weighted by Crippen LogP contribution is 2.25. The molecule has 0 spiro atoms. The molecule has 0 aliphatic heterocycles. The minimum Gasteiger partial charge on any atom is -0.294 e. The first-order valence-corrected chi connectivity index (χ1v) is 5.84. The van der Waals surface area contributed by atoms with Crippen LogP contribution in [0.5, 0.6) is 0 Å². The Morgan fingerprint density at radius 2 is 2.13 bits per heavy atom. The molecule has 15 heavy (non-hydrogen) atoms. The molecule has 0 N–H and O–H groups in total. The number of carbonyl (C=O) groups is 1. The molecular formula is C10H8ClF2IO. The minimum absolute atomic E-state index is 0.0811. The van der Waals surface area contributed by atoms with E-state index < -0.39 is 6.43 Å². The molecule has 0 unspecified atom stereocenters. The first-order chi connectivity index (χ1) is 7.06. The molecule has 1 rings (SSSR count). The van der Waals surface area contributed by atoms with E-state index in [1.165, 1.54) is 12.1 Å². The average Bonchev–Trinajstić information content (AvgIpc) is 2.17. The molecule has 0 atom stereocenters. The van der Waals surface area contributed by atoms with Crippen molar-refractivity contribution in [1.29, 1.82) is 0 Å². The lowest BCUT2D eigenvalue weighted by Crippen LogP contribution is -2.05. The van der Waals surface area contributed by atoms with Crippen LogP contribution in [0.25, 0.3) is 0 Å². The smallest absolute Gasteiger partial charge is 0.264 e. The number of halogens is 4. The summed E-state index contributed by atoms with van der Waals surface area (Å²) in [4.78, 5) is 11.5. The van der Waals surface area contributed by atoms with Crippen LogP contribution in [0, 0.1) is 3.57 Å². The summed E-state index contributed by atoms with van der Waals surface area (Å²) in [6, 6.07) is 4.31. The van der Waals surface area contributed by atoms with Gasteiger partial charge in [0.05, 0.1) is 0 Å². The first kappa shape index (κ1) is 12.8. The third kappa shape index (κ3) is 3.38. The number of hydrogen-bond donors (Lipinski definition) is 0. The summed E-state index contributed by atoms with van der Waals surface area (Å²) in [7, 11) is 0. The van der Waals surface area contributed by atoms with E-state index in [1.54, 1.807) is 6.07 Å². The van der Waals surface area contributed by atoms with Crippen LogP contribution in [0.4, 0.5) is 8.78 Å². The molecule has 0 fully saturated rings. The third-order valence-corrected chi connectivity index (χ3v) is 2.73. The monoisotopic (exact) mass is 344 g/mol.